The summed E-state index contributed by atoms with van der Waals surface area (Å²) in [7, 11) is 0. The van der Waals surface area contributed by atoms with Crippen LogP contribution in [-0.4, -0.2) is 56.5 Å². The molecule has 0 N–H and O–H groups in total. The van der Waals surface area contributed by atoms with Gasteiger partial charge in [-0.15, -0.1) is 0 Å². The quantitative estimate of drug-likeness (QED) is 0.571. The predicted octanol–water partition coefficient (Wildman–Crippen LogP) is 3.87. The van der Waals surface area contributed by atoms with Crippen LogP contribution < -0.4 is 0 Å². The molecule has 31 heavy (non-hydrogen) atoms. The van der Waals surface area contributed by atoms with Gasteiger partial charge in [0.15, 0.2) is 11.3 Å². The van der Waals surface area contributed by atoms with E-state index in [-0.39, 0.29) is 11.3 Å². The fourth-order valence-corrected chi connectivity index (χ4v) is 3.61. The first kappa shape index (κ1) is 21.2. The molecule has 1 aromatic carbocycles. The lowest BCUT2D eigenvalue weighted by Crippen LogP contribution is -2.48. The van der Waals surface area contributed by atoms with Crippen molar-refractivity contribution in [3.05, 3.63) is 64.6 Å². The van der Waals surface area contributed by atoms with Crippen molar-refractivity contribution in [1.82, 2.24) is 24.4 Å². The number of nitrogens with zero attached hydrogens (tertiary/aromatic N) is 5. The van der Waals surface area contributed by atoms with E-state index in [4.69, 9.17) is 0 Å². The van der Waals surface area contributed by atoms with E-state index >= 15 is 0 Å². The summed E-state index contributed by atoms with van der Waals surface area (Å²) in [6.45, 7) is 5.02. The van der Waals surface area contributed by atoms with Crippen molar-refractivity contribution in [2.24, 2.45) is 0 Å². The average molecular weight is 435 g/mol. The molecule has 0 atom stereocenters. The van der Waals surface area contributed by atoms with Gasteiger partial charge in [0.25, 0.3) is 18.8 Å². The topological polar surface area (TPSA) is 53.7 Å². The Hall–Kier alpha value is -3.01. The molecule has 6 nitrogen and oxygen atoms in total. The molecule has 1 aliphatic heterocycles. The summed E-state index contributed by atoms with van der Waals surface area (Å²) < 4.78 is 53.4. The van der Waals surface area contributed by atoms with Gasteiger partial charge in [0.1, 0.15) is 11.4 Å². The first-order valence-electron chi connectivity index (χ1n) is 9.86. The van der Waals surface area contributed by atoms with Crippen molar-refractivity contribution in [2.45, 2.75) is 26.3 Å². The van der Waals surface area contributed by atoms with Crippen LogP contribution in [0.1, 0.15) is 45.9 Å². The van der Waals surface area contributed by atoms with Crippen molar-refractivity contribution in [3.63, 3.8) is 0 Å². The number of amides is 1. The minimum absolute atomic E-state index is 0.0900. The summed E-state index contributed by atoms with van der Waals surface area (Å²) >= 11 is 0. The highest BCUT2D eigenvalue weighted by molar-refractivity contribution is 5.93. The fourth-order valence-electron chi connectivity index (χ4n) is 3.61. The molecule has 1 amide bonds. The highest BCUT2D eigenvalue weighted by Gasteiger charge is 2.26. The molecule has 0 unspecified atom stereocenters. The SMILES string of the molecule is Cc1ccc(CN2CCN(C(=O)c3cc4nc(C(F)F)cc(C(F)F)n4n3)CC2)cc1. The van der Waals surface area contributed by atoms with Gasteiger partial charge in [0, 0.05) is 38.8 Å². The fraction of sp³-hybridized carbons (Fsp3) is 0.381. The molecule has 0 spiro atoms. The molecule has 0 aliphatic carbocycles. The third-order valence-corrected chi connectivity index (χ3v) is 5.33. The molecular formula is C21H21F4N5O. The molecule has 1 saturated heterocycles. The van der Waals surface area contributed by atoms with Crippen LogP contribution >= 0.6 is 0 Å². The van der Waals surface area contributed by atoms with Crippen molar-refractivity contribution >= 4 is 11.6 Å². The van der Waals surface area contributed by atoms with E-state index in [0.717, 1.165) is 11.1 Å². The number of hydrogen-bond donors (Lipinski definition) is 0. The Morgan fingerprint density at radius 1 is 1.00 bits per heavy atom. The van der Waals surface area contributed by atoms with Crippen LogP contribution in [0.3, 0.4) is 0 Å². The second-order valence-corrected chi connectivity index (χ2v) is 7.56. The number of halogens is 4. The molecule has 0 bridgehead atoms. The molecule has 2 aromatic heterocycles. The van der Waals surface area contributed by atoms with E-state index < -0.39 is 30.1 Å². The Balaban J connectivity index is 1.47. The number of hydrogen-bond acceptors (Lipinski definition) is 4. The molecule has 1 aliphatic rings. The lowest BCUT2D eigenvalue weighted by molar-refractivity contribution is 0.0621. The number of piperazine rings is 1. The van der Waals surface area contributed by atoms with Gasteiger partial charge >= 0.3 is 0 Å². The van der Waals surface area contributed by atoms with Gasteiger partial charge in [-0.05, 0) is 18.6 Å². The maximum absolute atomic E-state index is 13.3. The maximum atomic E-state index is 13.3. The number of carbonyl (C=O) groups excluding carboxylic acids is 1. The van der Waals surface area contributed by atoms with E-state index in [1.54, 1.807) is 4.90 Å². The summed E-state index contributed by atoms with van der Waals surface area (Å²) in [5.41, 5.74) is 0.596. The Kier molecular flexibility index (Phi) is 5.90. The van der Waals surface area contributed by atoms with Gasteiger partial charge in [0.05, 0.1) is 0 Å². The molecule has 4 rings (SSSR count). The van der Waals surface area contributed by atoms with E-state index in [0.29, 0.717) is 32.2 Å². The molecule has 3 aromatic rings. The van der Waals surface area contributed by atoms with Crippen LogP contribution in [0.25, 0.3) is 5.65 Å². The number of rotatable bonds is 5. The van der Waals surface area contributed by atoms with Crippen LogP contribution in [0, 0.1) is 6.92 Å². The van der Waals surface area contributed by atoms with Crippen LogP contribution in [0.4, 0.5) is 17.6 Å². The number of fused-ring (bicyclic) bond motifs is 1. The highest BCUT2D eigenvalue weighted by Crippen LogP contribution is 2.25. The Morgan fingerprint density at radius 2 is 1.68 bits per heavy atom. The van der Waals surface area contributed by atoms with Crippen molar-refractivity contribution < 1.29 is 22.4 Å². The van der Waals surface area contributed by atoms with Gasteiger partial charge in [-0.1, -0.05) is 29.8 Å². The van der Waals surface area contributed by atoms with Gasteiger partial charge in [-0.3, -0.25) is 9.69 Å². The third-order valence-electron chi connectivity index (χ3n) is 5.33. The molecule has 0 saturated carbocycles. The first-order chi connectivity index (χ1) is 14.8. The lowest BCUT2D eigenvalue weighted by atomic mass is 10.1. The van der Waals surface area contributed by atoms with Crippen molar-refractivity contribution in [3.8, 4) is 0 Å². The van der Waals surface area contributed by atoms with Crippen LogP contribution in [0.5, 0.6) is 0 Å². The average Bonchev–Trinajstić information content (AvgIpc) is 3.18. The molecule has 10 heteroatoms. The predicted molar refractivity (Wildman–Crippen MR) is 105 cm³/mol. The van der Waals surface area contributed by atoms with Crippen LogP contribution in [0.2, 0.25) is 0 Å². The summed E-state index contributed by atoms with van der Waals surface area (Å²) in [6, 6.07) is 10.1. The van der Waals surface area contributed by atoms with Gasteiger partial charge in [-0.25, -0.2) is 27.1 Å². The lowest BCUT2D eigenvalue weighted by Gasteiger charge is -2.34. The van der Waals surface area contributed by atoms with E-state index in [1.165, 1.54) is 17.2 Å². The highest BCUT2D eigenvalue weighted by atomic mass is 19.3. The minimum Gasteiger partial charge on any atom is -0.335 e. The number of alkyl halides is 4. The first-order valence-corrected chi connectivity index (χ1v) is 9.86. The number of aryl methyl sites for hydroxylation is 1. The van der Waals surface area contributed by atoms with Gasteiger partial charge in [-0.2, -0.15) is 5.10 Å². The third kappa shape index (κ3) is 4.53. The zero-order valence-electron chi connectivity index (χ0n) is 16.8. The Bertz CT molecular complexity index is 1080. The van der Waals surface area contributed by atoms with Gasteiger partial charge in [0.2, 0.25) is 0 Å². The van der Waals surface area contributed by atoms with Crippen LogP contribution in [0.15, 0.2) is 36.4 Å². The molecule has 3 heterocycles. The molecule has 1 fully saturated rings. The Morgan fingerprint density at radius 3 is 2.29 bits per heavy atom. The second-order valence-electron chi connectivity index (χ2n) is 7.56. The zero-order valence-corrected chi connectivity index (χ0v) is 16.8. The van der Waals surface area contributed by atoms with E-state index in [1.807, 2.05) is 6.92 Å². The molecular weight excluding hydrogens is 414 g/mol. The molecule has 164 valence electrons. The summed E-state index contributed by atoms with van der Waals surface area (Å²) in [5.74, 6) is -0.431. The van der Waals surface area contributed by atoms with Gasteiger partial charge < -0.3 is 4.90 Å². The van der Waals surface area contributed by atoms with Crippen molar-refractivity contribution in [2.75, 3.05) is 26.2 Å². The molecule has 0 radical (unpaired) electrons. The summed E-state index contributed by atoms with van der Waals surface area (Å²) in [4.78, 5) is 20.3. The number of aromatic nitrogens is 3. The summed E-state index contributed by atoms with van der Waals surface area (Å²) in [6.07, 6.45) is -6.03. The zero-order chi connectivity index (χ0) is 22.1. The van der Waals surface area contributed by atoms with E-state index in [2.05, 4.69) is 39.2 Å². The second kappa shape index (κ2) is 8.62. The standard InChI is InChI=1S/C21H21F4N5O/c1-13-2-4-14(5-3-13)12-28-6-8-29(9-7-28)21(31)16-11-18-26-15(19(22)23)10-17(20(24)25)30(18)27-16/h2-5,10-11,19-20H,6-9,12H2,1H3. The minimum atomic E-state index is -3.03. The van der Waals surface area contributed by atoms with Crippen LogP contribution in [-0.2, 0) is 6.54 Å². The summed E-state index contributed by atoms with van der Waals surface area (Å²) in [5, 5.41) is 3.93. The van der Waals surface area contributed by atoms with Crippen molar-refractivity contribution in [1.29, 1.82) is 0 Å². The number of benzene rings is 1. The largest absolute Gasteiger partial charge is 0.335 e. The maximum Gasteiger partial charge on any atom is 0.280 e. The normalized spacial score (nSPS) is 15.4. The Labute approximate surface area is 176 Å². The monoisotopic (exact) mass is 435 g/mol. The number of carbonyl (C=O) groups is 1. The smallest absolute Gasteiger partial charge is 0.280 e. The van der Waals surface area contributed by atoms with E-state index in [9.17, 15) is 22.4 Å².